The zero-order chi connectivity index (χ0) is 15.9. The predicted molar refractivity (Wildman–Crippen MR) is 89.3 cm³/mol. The van der Waals surface area contributed by atoms with Crippen molar-refractivity contribution in [1.82, 2.24) is 5.32 Å². The normalized spacial score (nSPS) is 10.5. The second-order valence-electron chi connectivity index (χ2n) is 4.56. The van der Waals surface area contributed by atoms with Crippen LogP contribution in [0.5, 0.6) is 0 Å². The first-order valence-corrected chi connectivity index (χ1v) is 8.11. The van der Waals surface area contributed by atoms with Gasteiger partial charge in [0, 0.05) is 21.8 Å². The van der Waals surface area contributed by atoms with Gasteiger partial charge in [0.25, 0.3) is 0 Å². The first-order chi connectivity index (χ1) is 10.6. The van der Waals surface area contributed by atoms with Gasteiger partial charge in [-0.05, 0) is 17.5 Å². The number of esters is 1. The van der Waals surface area contributed by atoms with Crippen LogP contribution in [0.15, 0.2) is 41.3 Å². The Labute approximate surface area is 138 Å². The molecule has 0 spiro atoms. The molecule has 0 aliphatic carbocycles. The molecule has 0 bridgehead atoms. The molecule has 0 aromatic heterocycles. The summed E-state index contributed by atoms with van der Waals surface area (Å²) in [5, 5.41) is 5.36. The minimum atomic E-state index is -0.339. The minimum absolute atomic E-state index is 0.127. The molecule has 116 valence electrons. The van der Waals surface area contributed by atoms with Crippen molar-refractivity contribution in [2.75, 3.05) is 19.4 Å². The third-order valence-corrected chi connectivity index (χ3v) is 4.43. The van der Waals surface area contributed by atoms with Gasteiger partial charge in [-0.15, -0.1) is 11.8 Å². The second-order valence-corrected chi connectivity index (χ2v) is 5.98. The van der Waals surface area contributed by atoms with Crippen LogP contribution in [0, 0.1) is 0 Å². The SMILES string of the molecule is COC(=O)CCNC(=O)CSc1cccc2cccc(Cl)c12. The number of carbonyl (C=O) groups excluding carboxylic acids is 2. The van der Waals surface area contributed by atoms with Crippen LogP contribution in [0.3, 0.4) is 0 Å². The van der Waals surface area contributed by atoms with Gasteiger partial charge in [0.15, 0.2) is 0 Å². The summed E-state index contributed by atoms with van der Waals surface area (Å²) in [5.74, 6) is -0.197. The molecule has 2 aromatic carbocycles. The average Bonchev–Trinajstić information content (AvgIpc) is 2.52. The molecule has 0 saturated heterocycles. The molecule has 0 unspecified atom stereocenters. The Bertz CT molecular complexity index is 685. The van der Waals surface area contributed by atoms with Crippen LogP contribution in [-0.4, -0.2) is 31.3 Å². The van der Waals surface area contributed by atoms with Gasteiger partial charge in [-0.1, -0.05) is 35.9 Å². The predicted octanol–water partition coefficient (Wildman–Crippen LogP) is 3.26. The van der Waals surface area contributed by atoms with Gasteiger partial charge in [0.05, 0.1) is 19.3 Å². The van der Waals surface area contributed by atoms with Crippen LogP contribution in [0.25, 0.3) is 10.8 Å². The summed E-state index contributed by atoms with van der Waals surface area (Å²) in [6.07, 6.45) is 0.174. The summed E-state index contributed by atoms with van der Waals surface area (Å²) in [6.45, 7) is 0.280. The minimum Gasteiger partial charge on any atom is -0.469 e. The van der Waals surface area contributed by atoms with E-state index in [2.05, 4.69) is 10.1 Å². The monoisotopic (exact) mass is 337 g/mol. The highest BCUT2D eigenvalue weighted by atomic mass is 35.5. The number of hydrogen-bond donors (Lipinski definition) is 1. The van der Waals surface area contributed by atoms with Crippen LogP contribution in [0.1, 0.15) is 6.42 Å². The van der Waals surface area contributed by atoms with E-state index >= 15 is 0 Å². The van der Waals surface area contributed by atoms with Crippen LogP contribution < -0.4 is 5.32 Å². The summed E-state index contributed by atoms with van der Waals surface area (Å²) in [5.41, 5.74) is 0. The number of thioether (sulfide) groups is 1. The highest BCUT2D eigenvalue weighted by molar-refractivity contribution is 8.00. The summed E-state index contributed by atoms with van der Waals surface area (Å²) in [7, 11) is 1.32. The van der Waals surface area contributed by atoms with E-state index in [0.717, 1.165) is 15.7 Å². The van der Waals surface area contributed by atoms with Gasteiger partial charge in [0.2, 0.25) is 5.91 Å². The Morgan fingerprint density at radius 3 is 2.68 bits per heavy atom. The molecule has 1 amide bonds. The number of halogens is 1. The molecule has 0 saturated carbocycles. The van der Waals surface area contributed by atoms with E-state index in [4.69, 9.17) is 11.6 Å². The van der Waals surface area contributed by atoms with Gasteiger partial charge in [0.1, 0.15) is 0 Å². The van der Waals surface area contributed by atoms with Crippen LogP contribution in [0.4, 0.5) is 0 Å². The van der Waals surface area contributed by atoms with Gasteiger partial charge in [-0.25, -0.2) is 0 Å². The Morgan fingerprint density at radius 2 is 1.95 bits per heavy atom. The fourth-order valence-electron chi connectivity index (χ4n) is 1.98. The van der Waals surface area contributed by atoms with Crippen molar-refractivity contribution in [3.63, 3.8) is 0 Å². The molecule has 0 fully saturated rings. The molecule has 0 aliphatic rings. The Morgan fingerprint density at radius 1 is 1.23 bits per heavy atom. The first kappa shape index (κ1) is 16.6. The summed E-state index contributed by atoms with van der Waals surface area (Å²) < 4.78 is 4.51. The second kappa shape index (κ2) is 8.06. The number of fused-ring (bicyclic) bond motifs is 1. The number of benzene rings is 2. The smallest absolute Gasteiger partial charge is 0.307 e. The summed E-state index contributed by atoms with van der Waals surface area (Å²) in [4.78, 5) is 23.7. The fourth-order valence-corrected chi connectivity index (χ4v) is 3.26. The maximum absolute atomic E-state index is 11.8. The van der Waals surface area contributed by atoms with E-state index in [1.54, 1.807) is 0 Å². The van der Waals surface area contributed by atoms with Crippen molar-refractivity contribution in [3.8, 4) is 0 Å². The maximum atomic E-state index is 11.8. The van der Waals surface area contributed by atoms with Gasteiger partial charge in [-0.2, -0.15) is 0 Å². The van der Waals surface area contributed by atoms with Crippen molar-refractivity contribution >= 4 is 46.0 Å². The number of amides is 1. The quantitative estimate of drug-likeness (QED) is 0.649. The van der Waals surface area contributed by atoms with Crippen molar-refractivity contribution < 1.29 is 14.3 Å². The topological polar surface area (TPSA) is 55.4 Å². The number of methoxy groups -OCH3 is 1. The molecule has 1 N–H and O–H groups in total. The number of hydrogen-bond acceptors (Lipinski definition) is 4. The third kappa shape index (κ3) is 4.39. The van der Waals surface area contributed by atoms with Crippen LogP contribution >= 0.6 is 23.4 Å². The Hall–Kier alpha value is -1.72. The van der Waals surface area contributed by atoms with E-state index in [1.807, 2.05) is 36.4 Å². The van der Waals surface area contributed by atoms with Crippen molar-refractivity contribution in [3.05, 3.63) is 41.4 Å². The molecular formula is C16H16ClNO3S. The molecule has 0 aliphatic heterocycles. The van der Waals surface area contributed by atoms with E-state index in [-0.39, 0.29) is 30.6 Å². The molecule has 2 rings (SSSR count). The van der Waals surface area contributed by atoms with Gasteiger partial charge < -0.3 is 10.1 Å². The molecule has 22 heavy (non-hydrogen) atoms. The van der Waals surface area contributed by atoms with E-state index < -0.39 is 0 Å². The highest BCUT2D eigenvalue weighted by Crippen LogP contribution is 2.32. The Balaban J connectivity index is 1.94. The number of nitrogens with one attached hydrogen (secondary N) is 1. The lowest BCUT2D eigenvalue weighted by atomic mass is 10.1. The highest BCUT2D eigenvalue weighted by Gasteiger charge is 2.08. The first-order valence-electron chi connectivity index (χ1n) is 6.75. The third-order valence-electron chi connectivity index (χ3n) is 3.05. The summed E-state index contributed by atoms with van der Waals surface area (Å²) >= 11 is 7.67. The molecule has 0 radical (unpaired) electrons. The fraction of sp³-hybridized carbons (Fsp3) is 0.250. The largest absolute Gasteiger partial charge is 0.469 e. The lowest BCUT2D eigenvalue weighted by Gasteiger charge is -2.08. The van der Waals surface area contributed by atoms with Crippen molar-refractivity contribution in [1.29, 1.82) is 0 Å². The lowest BCUT2D eigenvalue weighted by molar-refractivity contribution is -0.140. The summed E-state index contributed by atoms with van der Waals surface area (Å²) in [6, 6.07) is 11.6. The Kier molecular flexibility index (Phi) is 6.10. The number of carbonyl (C=O) groups is 2. The van der Waals surface area contributed by atoms with Gasteiger partial charge in [-0.3, -0.25) is 9.59 Å². The van der Waals surface area contributed by atoms with Crippen LogP contribution in [0.2, 0.25) is 5.02 Å². The zero-order valence-corrected chi connectivity index (χ0v) is 13.7. The molecule has 2 aromatic rings. The van der Waals surface area contributed by atoms with E-state index in [9.17, 15) is 9.59 Å². The molecule has 0 atom stereocenters. The molecule has 6 heteroatoms. The van der Waals surface area contributed by atoms with Crippen LogP contribution in [-0.2, 0) is 14.3 Å². The van der Waals surface area contributed by atoms with Crippen molar-refractivity contribution in [2.24, 2.45) is 0 Å². The average molecular weight is 338 g/mol. The maximum Gasteiger partial charge on any atom is 0.307 e. The lowest BCUT2D eigenvalue weighted by Crippen LogP contribution is -2.27. The zero-order valence-electron chi connectivity index (χ0n) is 12.1. The molecule has 0 heterocycles. The standard InChI is InChI=1S/C16H16ClNO3S/c1-21-15(20)8-9-18-14(19)10-22-13-7-3-5-11-4-2-6-12(17)16(11)13/h2-7H,8-10H2,1H3,(H,18,19). The molecule has 4 nitrogen and oxygen atoms in total. The van der Waals surface area contributed by atoms with E-state index in [0.29, 0.717) is 5.02 Å². The van der Waals surface area contributed by atoms with E-state index in [1.165, 1.54) is 18.9 Å². The number of rotatable bonds is 6. The van der Waals surface area contributed by atoms with Gasteiger partial charge >= 0.3 is 5.97 Å². The van der Waals surface area contributed by atoms with Crippen molar-refractivity contribution in [2.45, 2.75) is 11.3 Å². The molecular weight excluding hydrogens is 322 g/mol. The number of ether oxygens (including phenoxy) is 1.